The van der Waals surface area contributed by atoms with Crippen LogP contribution in [-0.4, -0.2) is 17.6 Å². The number of nitrogens with one attached hydrogen (secondary N) is 1. The van der Waals surface area contributed by atoms with Crippen molar-refractivity contribution in [2.24, 2.45) is 5.92 Å². The number of carbonyl (C=O) groups is 2. The lowest BCUT2D eigenvalue weighted by Crippen LogP contribution is -2.27. The SMILES string of the molecule is CC(C)CC(=O)Nc1ccc(C2SCC(=O)N2c2ccc3c(c2)CCC3)cc1. The minimum Gasteiger partial charge on any atom is -0.326 e. The van der Waals surface area contributed by atoms with Crippen LogP contribution in [0.5, 0.6) is 0 Å². The standard InChI is InChI=1S/C23H26N2O2S/c1-15(2)12-21(26)24-19-9-6-17(7-10-19)23-25(22(27)14-28-23)20-11-8-16-4-3-5-18(16)13-20/h6-11,13,15,23H,3-5,12,14H2,1-2H3,(H,24,26). The number of nitrogens with zero attached hydrogens (tertiary/aromatic N) is 1. The number of benzene rings is 2. The van der Waals surface area contributed by atoms with E-state index < -0.39 is 0 Å². The highest BCUT2D eigenvalue weighted by Gasteiger charge is 2.34. The first-order valence-electron chi connectivity index (χ1n) is 9.96. The fourth-order valence-electron chi connectivity index (χ4n) is 3.97. The van der Waals surface area contributed by atoms with Crippen molar-refractivity contribution in [1.82, 2.24) is 0 Å². The normalized spacial score (nSPS) is 18.6. The zero-order chi connectivity index (χ0) is 19.7. The summed E-state index contributed by atoms with van der Waals surface area (Å²) < 4.78 is 0. The smallest absolute Gasteiger partial charge is 0.238 e. The van der Waals surface area contributed by atoms with Gasteiger partial charge in [0.1, 0.15) is 5.37 Å². The summed E-state index contributed by atoms with van der Waals surface area (Å²) in [5.41, 5.74) is 5.67. The van der Waals surface area contributed by atoms with Crippen molar-refractivity contribution in [1.29, 1.82) is 0 Å². The molecule has 1 heterocycles. The van der Waals surface area contributed by atoms with E-state index in [0.29, 0.717) is 18.1 Å². The summed E-state index contributed by atoms with van der Waals surface area (Å²) in [5, 5.41) is 2.92. The molecule has 2 aromatic rings. The lowest BCUT2D eigenvalue weighted by molar-refractivity contribution is -0.117. The van der Waals surface area contributed by atoms with Crippen LogP contribution >= 0.6 is 11.8 Å². The highest BCUT2D eigenvalue weighted by atomic mass is 32.2. The molecule has 0 saturated carbocycles. The molecule has 0 bridgehead atoms. The van der Waals surface area contributed by atoms with Crippen LogP contribution in [0.3, 0.4) is 0 Å². The van der Waals surface area contributed by atoms with Crippen molar-refractivity contribution in [2.45, 2.75) is 44.9 Å². The molecule has 1 aliphatic carbocycles. The first kappa shape index (κ1) is 19.1. The molecule has 1 unspecified atom stereocenters. The Morgan fingerprint density at radius 1 is 1.14 bits per heavy atom. The quantitative estimate of drug-likeness (QED) is 0.781. The zero-order valence-electron chi connectivity index (χ0n) is 16.4. The molecule has 1 fully saturated rings. The van der Waals surface area contributed by atoms with Crippen molar-refractivity contribution in [3.8, 4) is 0 Å². The Morgan fingerprint density at radius 2 is 1.89 bits per heavy atom. The predicted octanol–water partition coefficient (Wildman–Crippen LogP) is 4.94. The molecule has 1 saturated heterocycles. The molecule has 0 spiro atoms. The van der Waals surface area contributed by atoms with E-state index in [-0.39, 0.29) is 17.2 Å². The molecule has 0 radical (unpaired) electrons. The van der Waals surface area contributed by atoms with Gasteiger partial charge in [-0.05, 0) is 66.1 Å². The molecule has 2 aliphatic rings. The van der Waals surface area contributed by atoms with Crippen LogP contribution in [-0.2, 0) is 22.4 Å². The van der Waals surface area contributed by atoms with E-state index >= 15 is 0 Å². The predicted molar refractivity (Wildman–Crippen MR) is 116 cm³/mol. The third kappa shape index (κ3) is 3.95. The minimum atomic E-state index is -0.0210. The number of fused-ring (bicyclic) bond motifs is 1. The van der Waals surface area contributed by atoms with E-state index in [4.69, 9.17) is 0 Å². The van der Waals surface area contributed by atoms with Crippen molar-refractivity contribution < 1.29 is 9.59 Å². The van der Waals surface area contributed by atoms with Crippen molar-refractivity contribution in [2.75, 3.05) is 16.0 Å². The molecular weight excluding hydrogens is 368 g/mol. The second-order valence-electron chi connectivity index (χ2n) is 8.00. The van der Waals surface area contributed by atoms with Gasteiger partial charge in [0.05, 0.1) is 5.75 Å². The van der Waals surface area contributed by atoms with E-state index in [1.54, 1.807) is 11.8 Å². The maximum Gasteiger partial charge on any atom is 0.238 e. The van der Waals surface area contributed by atoms with Gasteiger partial charge in [-0.2, -0.15) is 0 Å². The Labute approximate surface area is 170 Å². The Kier molecular flexibility index (Phi) is 5.44. The Balaban J connectivity index is 1.53. The average Bonchev–Trinajstić information content (AvgIpc) is 3.27. The Morgan fingerprint density at radius 3 is 2.64 bits per heavy atom. The zero-order valence-corrected chi connectivity index (χ0v) is 17.2. The summed E-state index contributed by atoms with van der Waals surface area (Å²) in [5.74, 6) is 1.02. The summed E-state index contributed by atoms with van der Waals surface area (Å²) >= 11 is 1.66. The van der Waals surface area contributed by atoms with E-state index in [0.717, 1.165) is 29.8 Å². The Bertz CT molecular complexity index is 892. The highest BCUT2D eigenvalue weighted by molar-refractivity contribution is 8.00. The van der Waals surface area contributed by atoms with Crippen LogP contribution in [0.4, 0.5) is 11.4 Å². The van der Waals surface area contributed by atoms with Gasteiger partial charge < -0.3 is 5.32 Å². The largest absolute Gasteiger partial charge is 0.326 e. The number of anilines is 2. The molecule has 1 aliphatic heterocycles. The fourth-order valence-corrected chi connectivity index (χ4v) is 5.15. The molecule has 2 amide bonds. The van der Waals surface area contributed by atoms with Gasteiger partial charge in [0.25, 0.3) is 0 Å². The van der Waals surface area contributed by atoms with E-state index in [1.165, 1.54) is 17.5 Å². The number of rotatable bonds is 5. The number of amides is 2. The number of hydrogen-bond acceptors (Lipinski definition) is 3. The molecule has 0 aromatic heterocycles. The molecule has 4 rings (SSSR count). The maximum absolute atomic E-state index is 12.6. The molecule has 2 aromatic carbocycles. The van der Waals surface area contributed by atoms with Crippen molar-refractivity contribution in [3.05, 3.63) is 59.2 Å². The Hall–Kier alpha value is -2.27. The lowest BCUT2D eigenvalue weighted by atomic mass is 10.1. The molecule has 28 heavy (non-hydrogen) atoms. The van der Waals surface area contributed by atoms with Gasteiger partial charge in [0, 0.05) is 17.8 Å². The van der Waals surface area contributed by atoms with Crippen LogP contribution in [0.2, 0.25) is 0 Å². The summed E-state index contributed by atoms with van der Waals surface area (Å²) in [7, 11) is 0. The van der Waals surface area contributed by atoms with Gasteiger partial charge in [0.2, 0.25) is 11.8 Å². The molecule has 4 nitrogen and oxygen atoms in total. The topological polar surface area (TPSA) is 49.4 Å². The minimum absolute atomic E-state index is 0.0210. The van der Waals surface area contributed by atoms with Crippen LogP contribution in [0.25, 0.3) is 0 Å². The summed E-state index contributed by atoms with van der Waals surface area (Å²) in [6.45, 7) is 4.06. The second-order valence-corrected chi connectivity index (χ2v) is 9.07. The van der Waals surface area contributed by atoms with Gasteiger partial charge in [0.15, 0.2) is 0 Å². The fraction of sp³-hybridized carbons (Fsp3) is 0.391. The monoisotopic (exact) mass is 394 g/mol. The second kappa shape index (κ2) is 8.00. The van der Waals surface area contributed by atoms with Gasteiger partial charge in [-0.15, -0.1) is 11.8 Å². The van der Waals surface area contributed by atoms with Crippen LogP contribution in [0.1, 0.15) is 48.8 Å². The molecule has 5 heteroatoms. The number of carbonyl (C=O) groups excluding carboxylic acids is 2. The first-order valence-corrected chi connectivity index (χ1v) is 11.0. The number of thioether (sulfide) groups is 1. The van der Waals surface area contributed by atoms with E-state index in [1.807, 2.05) is 43.0 Å². The third-order valence-corrected chi connectivity index (χ3v) is 6.51. The number of hydrogen-bond donors (Lipinski definition) is 1. The van der Waals surface area contributed by atoms with Crippen molar-refractivity contribution >= 4 is 35.0 Å². The maximum atomic E-state index is 12.6. The lowest BCUT2D eigenvalue weighted by Gasteiger charge is -2.25. The first-order chi connectivity index (χ1) is 13.5. The van der Waals surface area contributed by atoms with Crippen LogP contribution in [0, 0.1) is 5.92 Å². The summed E-state index contributed by atoms with van der Waals surface area (Å²) in [6.07, 6.45) is 3.97. The van der Waals surface area contributed by atoms with Crippen LogP contribution < -0.4 is 10.2 Å². The van der Waals surface area contributed by atoms with E-state index in [2.05, 4.69) is 23.5 Å². The highest BCUT2D eigenvalue weighted by Crippen LogP contribution is 2.42. The third-order valence-electron chi connectivity index (χ3n) is 5.30. The van der Waals surface area contributed by atoms with E-state index in [9.17, 15) is 9.59 Å². The molecule has 146 valence electrons. The van der Waals surface area contributed by atoms with Crippen molar-refractivity contribution in [3.63, 3.8) is 0 Å². The number of aryl methyl sites for hydroxylation is 2. The molecule has 1 atom stereocenters. The van der Waals surface area contributed by atoms with Gasteiger partial charge in [-0.1, -0.05) is 32.0 Å². The average molecular weight is 395 g/mol. The summed E-state index contributed by atoms with van der Waals surface area (Å²) in [4.78, 5) is 26.5. The molecular formula is C23H26N2O2S. The molecule has 1 N–H and O–H groups in total. The van der Waals surface area contributed by atoms with Gasteiger partial charge in [-0.25, -0.2) is 0 Å². The van der Waals surface area contributed by atoms with Crippen LogP contribution in [0.15, 0.2) is 42.5 Å². The van der Waals surface area contributed by atoms with Gasteiger partial charge >= 0.3 is 0 Å². The summed E-state index contributed by atoms with van der Waals surface area (Å²) in [6, 6.07) is 14.3. The van der Waals surface area contributed by atoms with Gasteiger partial charge in [-0.3, -0.25) is 14.5 Å².